The Morgan fingerprint density at radius 1 is 1.00 bits per heavy atom. The van der Waals surface area contributed by atoms with Crippen molar-refractivity contribution in [3.05, 3.63) is 82.9 Å². The molecule has 162 valence electrons. The molecule has 3 aromatic carbocycles. The molecule has 0 aliphatic heterocycles. The highest BCUT2D eigenvalue weighted by Crippen LogP contribution is 2.34. The number of anilines is 1. The van der Waals surface area contributed by atoms with Crippen molar-refractivity contribution in [3.8, 4) is 17.2 Å². The largest absolute Gasteiger partial charge is 0.495 e. The van der Waals surface area contributed by atoms with E-state index in [0.717, 1.165) is 11.1 Å². The van der Waals surface area contributed by atoms with Gasteiger partial charge in [0.2, 0.25) is 0 Å². The number of carbonyl (C=O) groups is 1. The summed E-state index contributed by atoms with van der Waals surface area (Å²) in [5, 5.41) is 12.6. The molecule has 2 N–H and O–H groups in total. The number of aromatic carboxylic acids is 1. The van der Waals surface area contributed by atoms with E-state index < -0.39 is 5.97 Å². The number of hydrogen-bond acceptors (Lipinski definition) is 5. The minimum Gasteiger partial charge on any atom is -0.495 e. The lowest BCUT2D eigenvalue weighted by atomic mass is 10.1. The first-order valence-corrected chi connectivity index (χ1v) is 10.1. The van der Waals surface area contributed by atoms with E-state index in [9.17, 15) is 9.90 Å². The van der Waals surface area contributed by atoms with Gasteiger partial charge in [-0.05, 0) is 43.7 Å². The van der Waals surface area contributed by atoms with E-state index >= 15 is 0 Å². The average molecular weight is 421 g/mol. The normalized spacial score (nSPS) is 10.4. The van der Waals surface area contributed by atoms with Gasteiger partial charge in [0.05, 0.1) is 25.0 Å². The van der Waals surface area contributed by atoms with Gasteiger partial charge in [-0.1, -0.05) is 42.0 Å². The zero-order chi connectivity index (χ0) is 22.2. The Bertz CT molecular complexity index is 1030. The number of aryl methyl sites for hydroxylation is 1. The summed E-state index contributed by atoms with van der Waals surface area (Å²) in [6.45, 7) is 5.31. The molecule has 0 saturated heterocycles. The Morgan fingerprint density at radius 2 is 1.77 bits per heavy atom. The first kappa shape index (κ1) is 22.0. The van der Waals surface area contributed by atoms with Crippen LogP contribution in [0.1, 0.15) is 34.0 Å². The number of para-hydroxylation sites is 1. The molecule has 0 atom stereocenters. The first-order valence-electron chi connectivity index (χ1n) is 10.1. The molecule has 0 bridgehead atoms. The zero-order valence-corrected chi connectivity index (χ0v) is 18.0. The highest BCUT2D eigenvalue weighted by molar-refractivity contribution is 5.89. The molecule has 0 heterocycles. The molecule has 6 nitrogen and oxygen atoms in total. The van der Waals surface area contributed by atoms with Gasteiger partial charge in [-0.2, -0.15) is 0 Å². The third-order valence-corrected chi connectivity index (χ3v) is 4.78. The van der Waals surface area contributed by atoms with Gasteiger partial charge in [0.25, 0.3) is 0 Å². The van der Waals surface area contributed by atoms with E-state index in [4.69, 9.17) is 14.2 Å². The van der Waals surface area contributed by atoms with Crippen LogP contribution in [0.5, 0.6) is 17.2 Å². The topological polar surface area (TPSA) is 77.0 Å². The summed E-state index contributed by atoms with van der Waals surface area (Å²) in [6, 6.07) is 18.6. The Labute approximate surface area is 182 Å². The molecule has 3 rings (SSSR count). The van der Waals surface area contributed by atoms with Crippen LogP contribution in [0.15, 0.2) is 60.7 Å². The first-order chi connectivity index (χ1) is 15.0. The number of hydrogen-bond donors (Lipinski definition) is 2. The quantitative estimate of drug-likeness (QED) is 0.463. The van der Waals surface area contributed by atoms with Gasteiger partial charge >= 0.3 is 5.97 Å². The minimum atomic E-state index is -0.994. The van der Waals surface area contributed by atoms with Crippen molar-refractivity contribution in [1.29, 1.82) is 0 Å². The summed E-state index contributed by atoms with van der Waals surface area (Å²) in [5.74, 6) is 0.894. The number of methoxy groups -OCH3 is 1. The van der Waals surface area contributed by atoms with Gasteiger partial charge in [-0.15, -0.1) is 0 Å². The predicted octanol–water partition coefficient (Wildman–Crippen LogP) is 5.29. The van der Waals surface area contributed by atoms with E-state index in [1.54, 1.807) is 19.2 Å². The molecular formula is C25H27NO5. The van der Waals surface area contributed by atoms with Crippen LogP contribution in [0.25, 0.3) is 0 Å². The van der Waals surface area contributed by atoms with Crippen LogP contribution >= 0.6 is 0 Å². The molecule has 0 fully saturated rings. The van der Waals surface area contributed by atoms with Crippen molar-refractivity contribution in [2.75, 3.05) is 19.0 Å². The Balaban J connectivity index is 1.83. The number of carboxylic acid groups (broad SMARTS) is 1. The number of carboxylic acids is 1. The van der Waals surface area contributed by atoms with Crippen LogP contribution in [-0.4, -0.2) is 24.8 Å². The van der Waals surface area contributed by atoms with E-state index in [-0.39, 0.29) is 5.56 Å². The van der Waals surface area contributed by atoms with Gasteiger partial charge in [0.15, 0.2) is 11.5 Å². The van der Waals surface area contributed by atoms with Crippen molar-refractivity contribution >= 4 is 11.7 Å². The fourth-order valence-corrected chi connectivity index (χ4v) is 3.14. The number of nitrogens with one attached hydrogen (secondary N) is 1. The fourth-order valence-electron chi connectivity index (χ4n) is 3.14. The summed E-state index contributed by atoms with van der Waals surface area (Å²) in [5.41, 5.74) is 3.92. The lowest BCUT2D eigenvalue weighted by Gasteiger charge is -2.18. The maximum absolute atomic E-state index is 11.3. The van der Waals surface area contributed by atoms with Gasteiger partial charge in [0.1, 0.15) is 12.4 Å². The molecule has 6 heteroatoms. The molecule has 0 radical (unpaired) electrons. The summed E-state index contributed by atoms with van der Waals surface area (Å²) >= 11 is 0. The SMILES string of the molecule is CCOc1cccc(CNc2cc(C(=O)O)ccc2OC)c1OCc1ccc(C)cc1. The molecular weight excluding hydrogens is 394 g/mol. The Hall–Kier alpha value is -3.67. The van der Waals surface area contributed by atoms with E-state index in [2.05, 4.69) is 17.4 Å². The maximum atomic E-state index is 11.3. The van der Waals surface area contributed by atoms with Crippen LogP contribution in [0.3, 0.4) is 0 Å². The minimum absolute atomic E-state index is 0.183. The highest BCUT2D eigenvalue weighted by Gasteiger charge is 2.14. The van der Waals surface area contributed by atoms with Crippen LogP contribution in [0.2, 0.25) is 0 Å². The van der Waals surface area contributed by atoms with Crippen molar-refractivity contribution in [3.63, 3.8) is 0 Å². The Morgan fingerprint density at radius 3 is 2.45 bits per heavy atom. The third-order valence-electron chi connectivity index (χ3n) is 4.78. The maximum Gasteiger partial charge on any atom is 0.335 e. The van der Waals surface area contributed by atoms with Crippen molar-refractivity contribution in [2.24, 2.45) is 0 Å². The number of benzene rings is 3. The molecule has 31 heavy (non-hydrogen) atoms. The van der Waals surface area contributed by atoms with Crippen LogP contribution < -0.4 is 19.5 Å². The van der Waals surface area contributed by atoms with Gasteiger partial charge in [0, 0.05) is 12.1 Å². The highest BCUT2D eigenvalue weighted by atomic mass is 16.5. The molecule has 0 aliphatic carbocycles. The van der Waals surface area contributed by atoms with Crippen molar-refractivity contribution in [2.45, 2.75) is 27.0 Å². The van der Waals surface area contributed by atoms with Crippen LogP contribution in [0, 0.1) is 6.92 Å². The van der Waals surface area contributed by atoms with Crippen molar-refractivity contribution < 1.29 is 24.1 Å². The van der Waals surface area contributed by atoms with Crippen LogP contribution in [-0.2, 0) is 13.2 Å². The summed E-state index contributed by atoms with van der Waals surface area (Å²) in [6.07, 6.45) is 0. The monoisotopic (exact) mass is 421 g/mol. The molecule has 0 aliphatic rings. The number of ether oxygens (including phenoxy) is 3. The second-order valence-electron chi connectivity index (χ2n) is 7.03. The summed E-state index contributed by atoms with van der Waals surface area (Å²) in [7, 11) is 1.55. The Kier molecular flexibility index (Phi) is 7.38. The third kappa shape index (κ3) is 5.69. The van der Waals surface area contributed by atoms with E-state index in [0.29, 0.717) is 42.7 Å². The van der Waals surface area contributed by atoms with Gasteiger partial charge < -0.3 is 24.6 Å². The summed E-state index contributed by atoms with van der Waals surface area (Å²) < 4.78 is 17.3. The van der Waals surface area contributed by atoms with Crippen molar-refractivity contribution in [1.82, 2.24) is 0 Å². The molecule has 0 spiro atoms. The molecule has 0 amide bonds. The fraction of sp³-hybridized carbons (Fsp3) is 0.240. The van der Waals surface area contributed by atoms with Crippen LogP contribution in [0.4, 0.5) is 5.69 Å². The van der Waals surface area contributed by atoms with Gasteiger partial charge in [-0.3, -0.25) is 0 Å². The standard InChI is InChI=1S/C25H27NO5/c1-4-30-23-7-5-6-20(24(23)31-16-18-10-8-17(2)9-11-18)15-26-21-14-19(25(27)28)12-13-22(21)29-3/h5-14,26H,4,15-16H2,1-3H3,(H,27,28). The van der Waals surface area contributed by atoms with E-state index in [1.807, 2.05) is 44.2 Å². The zero-order valence-electron chi connectivity index (χ0n) is 18.0. The lowest BCUT2D eigenvalue weighted by Crippen LogP contribution is -2.07. The molecule has 3 aromatic rings. The number of rotatable bonds is 10. The summed E-state index contributed by atoms with van der Waals surface area (Å²) in [4.78, 5) is 11.3. The molecule has 0 saturated carbocycles. The molecule has 0 unspecified atom stereocenters. The molecule has 0 aromatic heterocycles. The second-order valence-corrected chi connectivity index (χ2v) is 7.03. The second kappa shape index (κ2) is 10.4. The van der Waals surface area contributed by atoms with E-state index in [1.165, 1.54) is 11.6 Å². The predicted molar refractivity (Wildman–Crippen MR) is 120 cm³/mol. The smallest absolute Gasteiger partial charge is 0.335 e. The van der Waals surface area contributed by atoms with Gasteiger partial charge in [-0.25, -0.2) is 4.79 Å². The lowest BCUT2D eigenvalue weighted by molar-refractivity contribution is 0.0697. The average Bonchev–Trinajstić information content (AvgIpc) is 2.78.